The molecule has 0 fully saturated rings. The van der Waals surface area contributed by atoms with Crippen LogP contribution in [0.25, 0.3) is 21.8 Å². The lowest BCUT2D eigenvalue weighted by Gasteiger charge is -2.08. The largest absolute Gasteiger partial charge is 0.261 e. The molecule has 0 saturated carbocycles. The summed E-state index contributed by atoms with van der Waals surface area (Å²) in [5.74, 6) is 0. The van der Waals surface area contributed by atoms with Gasteiger partial charge in [0.2, 0.25) is 0 Å². The van der Waals surface area contributed by atoms with Gasteiger partial charge in [-0.15, -0.1) is 11.3 Å². The molecule has 0 N–H and O–H groups in total. The van der Waals surface area contributed by atoms with Crippen molar-refractivity contribution in [3.8, 4) is 21.8 Å². The van der Waals surface area contributed by atoms with E-state index in [-0.39, 0.29) is 0 Å². The second kappa shape index (κ2) is 10.4. The van der Waals surface area contributed by atoms with Crippen LogP contribution >= 0.6 is 11.3 Å². The highest BCUT2D eigenvalue weighted by molar-refractivity contribution is 7.13. The fraction of sp³-hybridized carbons (Fsp3) is 0.100. The van der Waals surface area contributed by atoms with Gasteiger partial charge in [-0.2, -0.15) is 0 Å². The monoisotopic (exact) mass is 459 g/mol. The Morgan fingerprint density at radius 3 is 2.12 bits per heavy atom. The summed E-state index contributed by atoms with van der Waals surface area (Å²) in [6.07, 6.45) is 3.96. The van der Waals surface area contributed by atoms with Crippen LogP contribution in [-0.4, -0.2) is 15.7 Å². The number of hydrogen-bond acceptors (Lipinski definition) is 4. The van der Waals surface area contributed by atoms with Crippen LogP contribution in [0.1, 0.15) is 30.2 Å². The van der Waals surface area contributed by atoms with Crippen molar-refractivity contribution >= 4 is 22.7 Å². The Kier molecular flexibility index (Phi) is 6.68. The van der Waals surface area contributed by atoms with Crippen LogP contribution in [0.5, 0.6) is 0 Å². The summed E-state index contributed by atoms with van der Waals surface area (Å²) in [5, 5.41) is 3.14. The van der Waals surface area contributed by atoms with Crippen molar-refractivity contribution in [2.24, 2.45) is 4.99 Å². The summed E-state index contributed by atoms with van der Waals surface area (Å²) < 4.78 is 0. The van der Waals surface area contributed by atoms with Gasteiger partial charge in [-0.25, -0.2) is 9.98 Å². The first-order valence-electron chi connectivity index (χ1n) is 11.5. The Morgan fingerprint density at radius 1 is 0.794 bits per heavy atom. The number of aryl methyl sites for hydroxylation is 1. The number of thiazole rings is 1. The molecule has 0 saturated heterocycles. The fourth-order valence-electron chi connectivity index (χ4n) is 3.87. The number of hydrogen-bond donors (Lipinski definition) is 0. The molecular weight excluding hydrogens is 434 g/mol. The maximum atomic E-state index is 5.01. The lowest BCUT2D eigenvalue weighted by molar-refractivity contribution is 0.883. The maximum Gasteiger partial charge on any atom is 0.124 e. The number of benzene rings is 3. The number of nitrogens with zero attached hydrogens (tertiary/aromatic N) is 3. The quantitative estimate of drug-likeness (QED) is 0.231. The van der Waals surface area contributed by atoms with Gasteiger partial charge in [0.1, 0.15) is 5.01 Å². The zero-order chi connectivity index (χ0) is 23.2. The molecule has 2 aromatic heterocycles. The van der Waals surface area contributed by atoms with E-state index < -0.39 is 0 Å². The first-order chi connectivity index (χ1) is 16.8. The van der Waals surface area contributed by atoms with E-state index in [4.69, 9.17) is 9.98 Å². The van der Waals surface area contributed by atoms with Crippen molar-refractivity contribution in [1.29, 1.82) is 0 Å². The Hall–Kier alpha value is -3.89. The summed E-state index contributed by atoms with van der Waals surface area (Å²) in [6.45, 7) is 2.17. The molecule has 0 aliphatic carbocycles. The number of pyridine rings is 1. The van der Waals surface area contributed by atoms with Gasteiger partial charge in [0.05, 0.1) is 17.1 Å². The van der Waals surface area contributed by atoms with Crippen molar-refractivity contribution in [3.63, 3.8) is 0 Å². The third-order valence-corrected chi connectivity index (χ3v) is 6.46. The zero-order valence-corrected chi connectivity index (χ0v) is 19.9. The Labute approximate surface area is 204 Å². The SMILES string of the molecule is CCCc1cc(-c2nc(-c3ccc(N=C(c4ccccc4)c4ccccc4)cc3)cs2)ccn1. The molecule has 166 valence electrons. The van der Waals surface area contributed by atoms with Crippen LogP contribution in [0.2, 0.25) is 0 Å². The molecule has 5 aromatic rings. The van der Waals surface area contributed by atoms with Crippen LogP contribution in [0, 0.1) is 0 Å². The molecule has 34 heavy (non-hydrogen) atoms. The summed E-state index contributed by atoms with van der Waals surface area (Å²) in [5.41, 5.74) is 8.40. The van der Waals surface area contributed by atoms with E-state index in [9.17, 15) is 0 Å². The molecule has 5 rings (SSSR count). The molecule has 0 bridgehead atoms. The summed E-state index contributed by atoms with van der Waals surface area (Å²) in [6, 6.07) is 33.1. The molecule has 0 aliphatic heterocycles. The molecule has 3 nitrogen and oxygen atoms in total. The first-order valence-corrected chi connectivity index (χ1v) is 12.4. The van der Waals surface area contributed by atoms with Crippen molar-refractivity contribution < 1.29 is 0 Å². The zero-order valence-electron chi connectivity index (χ0n) is 19.1. The predicted molar refractivity (Wildman–Crippen MR) is 143 cm³/mol. The maximum absolute atomic E-state index is 5.01. The second-order valence-electron chi connectivity index (χ2n) is 8.06. The summed E-state index contributed by atoms with van der Waals surface area (Å²) in [4.78, 5) is 14.4. The highest BCUT2D eigenvalue weighted by Crippen LogP contribution is 2.30. The molecule has 0 spiro atoms. The van der Waals surface area contributed by atoms with E-state index in [1.54, 1.807) is 11.3 Å². The van der Waals surface area contributed by atoms with Crippen molar-refractivity contribution in [1.82, 2.24) is 9.97 Å². The molecule has 2 heterocycles. The van der Waals surface area contributed by atoms with Gasteiger partial charge >= 0.3 is 0 Å². The molecule has 0 amide bonds. The Morgan fingerprint density at radius 2 is 1.47 bits per heavy atom. The minimum absolute atomic E-state index is 0.917. The van der Waals surface area contributed by atoms with Gasteiger partial charge in [-0.05, 0) is 30.7 Å². The minimum atomic E-state index is 0.917. The second-order valence-corrected chi connectivity index (χ2v) is 8.92. The van der Waals surface area contributed by atoms with E-state index in [1.807, 2.05) is 48.7 Å². The molecule has 0 aliphatic rings. The van der Waals surface area contributed by atoms with Gasteiger partial charge in [0.15, 0.2) is 0 Å². The van der Waals surface area contributed by atoms with E-state index >= 15 is 0 Å². The van der Waals surface area contributed by atoms with Crippen molar-refractivity contribution in [2.75, 3.05) is 0 Å². The lowest BCUT2D eigenvalue weighted by atomic mass is 10.0. The average molecular weight is 460 g/mol. The molecule has 4 heteroatoms. The molecule has 3 aromatic carbocycles. The highest BCUT2D eigenvalue weighted by atomic mass is 32.1. The molecule has 0 radical (unpaired) electrons. The Balaban J connectivity index is 1.43. The van der Waals surface area contributed by atoms with Gasteiger partial charge < -0.3 is 0 Å². The van der Waals surface area contributed by atoms with E-state index in [2.05, 4.69) is 71.9 Å². The molecule has 0 atom stereocenters. The van der Waals surface area contributed by atoms with Crippen molar-refractivity contribution in [2.45, 2.75) is 19.8 Å². The molecule has 0 unspecified atom stereocenters. The standard InChI is InChI=1S/C30H25N3S/c1-2-9-27-20-25(18-19-31-27)30-33-28(21-34-30)22-14-16-26(17-15-22)32-29(23-10-5-3-6-11-23)24-12-7-4-8-13-24/h3-8,10-21H,2,9H2,1H3. The lowest BCUT2D eigenvalue weighted by Crippen LogP contribution is -2.02. The van der Waals surface area contributed by atoms with Gasteiger partial charge in [0, 0.05) is 39.5 Å². The highest BCUT2D eigenvalue weighted by Gasteiger charge is 2.09. The number of aromatic nitrogens is 2. The smallest absolute Gasteiger partial charge is 0.124 e. The van der Waals surface area contributed by atoms with Gasteiger partial charge in [0.25, 0.3) is 0 Å². The third kappa shape index (κ3) is 5.03. The number of rotatable bonds is 7. The molecular formula is C30H25N3S. The minimum Gasteiger partial charge on any atom is -0.261 e. The van der Waals surface area contributed by atoms with Crippen LogP contribution in [0.4, 0.5) is 5.69 Å². The van der Waals surface area contributed by atoms with Gasteiger partial charge in [-0.1, -0.05) is 86.1 Å². The normalized spacial score (nSPS) is 10.7. The summed E-state index contributed by atoms with van der Waals surface area (Å²) in [7, 11) is 0. The van der Waals surface area contributed by atoms with E-state index in [1.165, 1.54) is 0 Å². The van der Waals surface area contributed by atoms with Gasteiger partial charge in [-0.3, -0.25) is 4.98 Å². The average Bonchev–Trinajstić information content (AvgIpc) is 3.40. The number of aliphatic imine (C=N–C) groups is 1. The first kappa shape index (κ1) is 21.9. The fourth-order valence-corrected chi connectivity index (χ4v) is 4.69. The van der Waals surface area contributed by atoms with E-state index in [0.29, 0.717) is 0 Å². The van der Waals surface area contributed by atoms with Crippen LogP contribution < -0.4 is 0 Å². The van der Waals surface area contributed by atoms with Crippen molar-refractivity contribution in [3.05, 3.63) is 125 Å². The third-order valence-electron chi connectivity index (χ3n) is 5.57. The summed E-state index contributed by atoms with van der Waals surface area (Å²) >= 11 is 1.67. The van der Waals surface area contributed by atoms with E-state index in [0.717, 1.165) is 62.9 Å². The predicted octanol–water partition coefficient (Wildman–Crippen LogP) is 7.99. The van der Waals surface area contributed by atoms with Crippen LogP contribution in [0.3, 0.4) is 0 Å². The Bertz CT molecular complexity index is 1350. The topological polar surface area (TPSA) is 38.1 Å². The van der Waals surface area contributed by atoms with Crippen LogP contribution in [0.15, 0.2) is 114 Å². The van der Waals surface area contributed by atoms with Crippen LogP contribution in [-0.2, 0) is 6.42 Å².